The van der Waals surface area contributed by atoms with Gasteiger partial charge in [0.05, 0.1) is 25.8 Å². The topological polar surface area (TPSA) is 89.6 Å². The fourth-order valence-corrected chi connectivity index (χ4v) is 4.47. The van der Waals surface area contributed by atoms with Gasteiger partial charge in [-0.2, -0.15) is 0 Å². The number of methoxy groups -OCH3 is 2. The SMILES string of the molecule is COc1ccc(NC(=O)[C@@H]2CCc3sc(NC(=O)c4ccccc4)nc32)cc1OC. The summed E-state index contributed by atoms with van der Waals surface area (Å²) >= 11 is 1.42. The molecule has 4 rings (SSSR count). The van der Waals surface area contributed by atoms with Gasteiger partial charge in [-0.15, -0.1) is 11.3 Å². The molecule has 0 unspecified atom stereocenters. The van der Waals surface area contributed by atoms with Crippen molar-refractivity contribution in [3.05, 3.63) is 64.7 Å². The summed E-state index contributed by atoms with van der Waals surface area (Å²) in [6, 6.07) is 14.2. The molecule has 8 heteroatoms. The smallest absolute Gasteiger partial charge is 0.257 e. The van der Waals surface area contributed by atoms with Crippen molar-refractivity contribution in [3.63, 3.8) is 0 Å². The van der Waals surface area contributed by atoms with Gasteiger partial charge < -0.3 is 14.8 Å². The minimum Gasteiger partial charge on any atom is -0.493 e. The summed E-state index contributed by atoms with van der Waals surface area (Å²) in [5.41, 5.74) is 1.93. The molecule has 3 aromatic rings. The third-order valence-corrected chi connectivity index (χ3v) is 5.99. The average molecular weight is 423 g/mol. The van der Waals surface area contributed by atoms with E-state index in [1.165, 1.54) is 11.3 Å². The zero-order chi connectivity index (χ0) is 21.1. The second-order valence-electron chi connectivity index (χ2n) is 6.80. The van der Waals surface area contributed by atoms with Gasteiger partial charge in [-0.1, -0.05) is 18.2 Å². The molecule has 2 aromatic carbocycles. The lowest BCUT2D eigenvalue weighted by Crippen LogP contribution is -2.20. The highest BCUT2D eigenvalue weighted by atomic mass is 32.1. The molecule has 30 heavy (non-hydrogen) atoms. The molecule has 1 heterocycles. The van der Waals surface area contributed by atoms with Crippen molar-refractivity contribution in [2.75, 3.05) is 24.9 Å². The molecule has 2 amide bonds. The van der Waals surface area contributed by atoms with Crippen LogP contribution in [0.1, 0.15) is 33.3 Å². The first kappa shape index (κ1) is 19.9. The first-order chi connectivity index (χ1) is 14.6. The average Bonchev–Trinajstić information content (AvgIpc) is 3.34. The maximum atomic E-state index is 12.9. The zero-order valence-corrected chi connectivity index (χ0v) is 17.4. The van der Waals surface area contributed by atoms with Crippen molar-refractivity contribution in [2.24, 2.45) is 0 Å². The van der Waals surface area contributed by atoms with Crippen molar-refractivity contribution < 1.29 is 19.1 Å². The van der Waals surface area contributed by atoms with Gasteiger partial charge in [0, 0.05) is 22.2 Å². The molecule has 0 saturated heterocycles. The summed E-state index contributed by atoms with van der Waals surface area (Å²) in [5, 5.41) is 6.27. The summed E-state index contributed by atoms with van der Waals surface area (Å²) < 4.78 is 10.5. The second-order valence-corrected chi connectivity index (χ2v) is 7.88. The van der Waals surface area contributed by atoms with Gasteiger partial charge >= 0.3 is 0 Å². The highest BCUT2D eigenvalue weighted by Gasteiger charge is 2.33. The van der Waals surface area contributed by atoms with Crippen LogP contribution in [0.15, 0.2) is 48.5 Å². The first-order valence-electron chi connectivity index (χ1n) is 9.48. The van der Waals surface area contributed by atoms with E-state index in [1.54, 1.807) is 44.6 Å². The van der Waals surface area contributed by atoms with E-state index in [9.17, 15) is 9.59 Å². The number of aromatic nitrogens is 1. The monoisotopic (exact) mass is 423 g/mol. The van der Waals surface area contributed by atoms with Crippen LogP contribution in [0.25, 0.3) is 0 Å². The van der Waals surface area contributed by atoms with E-state index in [2.05, 4.69) is 15.6 Å². The Morgan fingerprint density at radius 3 is 2.53 bits per heavy atom. The Balaban J connectivity index is 1.47. The zero-order valence-electron chi connectivity index (χ0n) is 16.6. The molecule has 0 fully saturated rings. The predicted molar refractivity (Wildman–Crippen MR) is 116 cm³/mol. The molecule has 0 bridgehead atoms. The highest BCUT2D eigenvalue weighted by molar-refractivity contribution is 7.16. The van der Waals surface area contributed by atoms with E-state index < -0.39 is 0 Å². The Morgan fingerprint density at radius 2 is 1.80 bits per heavy atom. The summed E-state index contributed by atoms with van der Waals surface area (Å²) in [6.45, 7) is 0. The normalized spacial score (nSPS) is 14.7. The maximum absolute atomic E-state index is 12.9. The molecule has 0 aliphatic heterocycles. The molecular formula is C22H21N3O4S. The number of rotatable bonds is 6. The van der Waals surface area contributed by atoms with Gasteiger partial charge in [0.15, 0.2) is 16.6 Å². The summed E-state index contributed by atoms with van der Waals surface area (Å²) in [5.74, 6) is 0.437. The van der Waals surface area contributed by atoms with E-state index in [0.717, 1.165) is 17.0 Å². The lowest BCUT2D eigenvalue weighted by atomic mass is 10.1. The number of nitrogens with one attached hydrogen (secondary N) is 2. The van der Waals surface area contributed by atoms with Crippen molar-refractivity contribution in [2.45, 2.75) is 18.8 Å². The van der Waals surface area contributed by atoms with Gasteiger partial charge in [0.1, 0.15) is 0 Å². The number of aryl methyl sites for hydroxylation is 1. The number of carbonyl (C=O) groups excluding carboxylic acids is 2. The van der Waals surface area contributed by atoms with Crippen LogP contribution < -0.4 is 20.1 Å². The minimum absolute atomic E-state index is 0.132. The van der Waals surface area contributed by atoms with Crippen molar-refractivity contribution in [1.29, 1.82) is 0 Å². The molecule has 0 saturated carbocycles. The van der Waals surface area contributed by atoms with Crippen LogP contribution in [0.4, 0.5) is 10.8 Å². The Hall–Kier alpha value is -3.39. The number of ether oxygens (including phenoxy) is 2. The summed E-state index contributed by atoms with van der Waals surface area (Å²) in [7, 11) is 3.11. The number of fused-ring (bicyclic) bond motifs is 1. The molecule has 154 valence electrons. The van der Waals surface area contributed by atoms with E-state index in [4.69, 9.17) is 9.47 Å². The fourth-order valence-electron chi connectivity index (χ4n) is 3.44. The van der Waals surface area contributed by atoms with Crippen molar-refractivity contribution in [3.8, 4) is 11.5 Å². The van der Waals surface area contributed by atoms with Crippen LogP contribution >= 0.6 is 11.3 Å². The Bertz CT molecular complexity index is 1080. The number of thiazole rings is 1. The number of hydrogen-bond acceptors (Lipinski definition) is 6. The van der Waals surface area contributed by atoms with E-state index in [1.807, 2.05) is 18.2 Å². The van der Waals surface area contributed by atoms with Gasteiger partial charge in [0.25, 0.3) is 5.91 Å². The fraction of sp³-hybridized carbons (Fsp3) is 0.227. The van der Waals surface area contributed by atoms with Crippen molar-refractivity contribution in [1.82, 2.24) is 4.98 Å². The number of amides is 2. The molecule has 0 radical (unpaired) electrons. The van der Waals surface area contributed by atoms with Crippen LogP contribution in [0.5, 0.6) is 11.5 Å². The first-order valence-corrected chi connectivity index (χ1v) is 10.3. The summed E-state index contributed by atoms with van der Waals surface area (Å²) in [6.07, 6.45) is 1.46. The number of hydrogen-bond donors (Lipinski definition) is 2. The minimum atomic E-state index is -0.355. The van der Waals surface area contributed by atoms with E-state index >= 15 is 0 Å². The number of carbonyl (C=O) groups is 2. The quantitative estimate of drug-likeness (QED) is 0.624. The van der Waals surface area contributed by atoms with Crippen LogP contribution in [0, 0.1) is 0 Å². The number of benzene rings is 2. The Morgan fingerprint density at radius 1 is 1.03 bits per heavy atom. The van der Waals surface area contributed by atoms with Crippen LogP contribution in [-0.2, 0) is 11.2 Å². The highest BCUT2D eigenvalue weighted by Crippen LogP contribution is 2.39. The van der Waals surface area contributed by atoms with Gasteiger partial charge in [-0.25, -0.2) is 4.98 Å². The number of nitrogens with zero attached hydrogens (tertiary/aromatic N) is 1. The predicted octanol–water partition coefficient (Wildman–Crippen LogP) is 4.08. The van der Waals surface area contributed by atoms with Gasteiger partial charge in [-0.05, 0) is 37.1 Å². The molecule has 1 aromatic heterocycles. The Kier molecular flexibility index (Phi) is 5.67. The molecule has 1 atom stereocenters. The second kappa shape index (κ2) is 8.54. The third-order valence-electron chi connectivity index (χ3n) is 4.94. The lowest BCUT2D eigenvalue weighted by molar-refractivity contribution is -0.117. The molecule has 0 spiro atoms. The summed E-state index contributed by atoms with van der Waals surface area (Å²) in [4.78, 5) is 30.8. The molecule has 7 nitrogen and oxygen atoms in total. The molecular weight excluding hydrogens is 402 g/mol. The van der Waals surface area contributed by atoms with E-state index in [-0.39, 0.29) is 17.7 Å². The maximum Gasteiger partial charge on any atom is 0.257 e. The molecule has 1 aliphatic rings. The third kappa shape index (κ3) is 3.99. The molecule has 1 aliphatic carbocycles. The standard InChI is InChI=1S/C22H21N3O4S/c1-28-16-10-8-14(12-17(16)29-2)23-21(27)15-9-11-18-19(15)24-22(30-18)25-20(26)13-6-4-3-5-7-13/h3-8,10,12,15H,9,11H2,1-2H3,(H,23,27)(H,24,25,26)/t15-/m1/s1. The largest absolute Gasteiger partial charge is 0.493 e. The van der Waals surface area contributed by atoms with Crippen LogP contribution in [-0.4, -0.2) is 31.0 Å². The molecule has 2 N–H and O–H groups in total. The van der Waals surface area contributed by atoms with Crippen LogP contribution in [0.3, 0.4) is 0 Å². The van der Waals surface area contributed by atoms with E-state index in [0.29, 0.717) is 34.3 Å². The Labute approximate surface area is 178 Å². The van der Waals surface area contributed by atoms with Gasteiger partial charge in [-0.3, -0.25) is 14.9 Å². The van der Waals surface area contributed by atoms with Crippen LogP contribution in [0.2, 0.25) is 0 Å². The lowest BCUT2D eigenvalue weighted by Gasteiger charge is -2.13. The van der Waals surface area contributed by atoms with Gasteiger partial charge in [0.2, 0.25) is 5.91 Å². The number of anilines is 2. The van der Waals surface area contributed by atoms with Crippen molar-refractivity contribution >= 4 is 34.0 Å².